The summed E-state index contributed by atoms with van der Waals surface area (Å²) in [7, 11) is 1.26. The van der Waals surface area contributed by atoms with Gasteiger partial charge >= 0.3 is 11.9 Å². The highest BCUT2D eigenvalue weighted by atomic mass is 32.1. The SMILES string of the molecule is COC(=O)CC(NC(=O)C(C)C(=O)O)c1cccs1. The van der Waals surface area contributed by atoms with Gasteiger partial charge in [-0.1, -0.05) is 6.07 Å². The molecule has 19 heavy (non-hydrogen) atoms. The van der Waals surface area contributed by atoms with Crippen molar-refractivity contribution in [3.63, 3.8) is 0 Å². The van der Waals surface area contributed by atoms with Crippen LogP contribution in [0.2, 0.25) is 0 Å². The Morgan fingerprint density at radius 3 is 2.63 bits per heavy atom. The summed E-state index contributed by atoms with van der Waals surface area (Å²) in [6.45, 7) is 1.29. The number of nitrogens with one attached hydrogen (secondary N) is 1. The van der Waals surface area contributed by atoms with Gasteiger partial charge < -0.3 is 15.2 Å². The van der Waals surface area contributed by atoms with E-state index in [-0.39, 0.29) is 6.42 Å². The molecular weight excluding hydrogens is 270 g/mol. The summed E-state index contributed by atoms with van der Waals surface area (Å²) in [5.41, 5.74) is 0. The van der Waals surface area contributed by atoms with Gasteiger partial charge in [-0.25, -0.2) is 0 Å². The number of amides is 1. The molecule has 1 rings (SSSR count). The Hall–Kier alpha value is -1.89. The maximum atomic E-state index is 11.7. The highest BCUT2D eigenvalue weighted by Crippen LogP contribution is 2.22. The summed E-state index contributed by atoms with van der Waals surface area (Å²) in [6, 6.07) is 2.99. The van der Waals surface area contributed by atoms with Gasteiger partial charge in [-0.05, 0) is 18.4 Å². The molecule has 0 bridgehead atoms. The Labute approximate surface area is 114 Å². The lowest BCUT2D eigenvalue weighted by Gasteiger charge is -2.17. The van der Waals surface area contributed by atoms with E-state index in [4.69, 9.17) is 5.11 Å². The molecule has 0 aliphatic heterocycles. The van der Waals surface area contributed by atoms with Gasteiger partial charge in [-0.2, -0.15) is 0 Å². The van der Waals surface area contributed by atoms with Crippen LogP contribution < -0.4 is 5.32 Å². The number of carboxylic acid groups (broad SMARTS) is 1. The average Bonchev–Trinajstić information content (AvgIpc) is 2.90. The first kappa shape index (κ1) is 15.2. The summed E-state index contributed by atoms with van der Waals surface area (Å²) in [6.07, 6.45) is -0.0326. The van der Waals surface area contributed by atoms with Gasteiger partial charge in [-0.15, -0.1) is 11.3 Å². The molecule has 1 aromatic heterocycles. The average molecular weight is 285 g/mol. The van der Waals surface area contributed by atoms with Gasteiger partial charge in [-0.3, -0.25) is 14.4 Å². The molecule has 7 heteroatoms. The molecule has 104 valence electrons. The summed E-state index contributed by atoms with van der Waals surface area (Å²) < 4.78 is 4.57. The van der Waals surface area contributed by atoms with Crippen LogP contribution in [0.3, 0.4) is 0 Å². The molecule has 0 saturated heterocycles. The van der Waals surface area contributed by atoms with E-state index in [9.17, 15) is 14.4 Å². The van der Waals surface area contributed by atoms with E-state index in [1.807, 2.05) is 5.38 Å². The summed E-state index contributed by atoms with van der Waals surface area (Å²) in [4.78, 5) is 34.5. The van der Waals surface area contributed by atoms with Crippen LogP contribution in [-0.2, 0) is 19.1 Å². The molecule has 6 nitrogen and oxygen atoms in total. The van der Waals surface area contributed by atoms with E-state index in [2.05, 4.69) is 10.1 Å². The number of thiophene rings is 1. The van der Waals surface area contributed by atoms with Crippen molar-refractivity contribution in [2.45, 2.75) is 19.4 Å². The van der Waals surface area contributed by atoms with E-state index >= 15 is 0 Å². The molecular formula is C12H15NO5S. The molecule has 0 radical (unpaired) electrons. The number of methoxy groups -OCH3 is 1. The van der Waals surface area contributed by atoms with E-state index in [0.29, 0.717) is 0 Å². The second-order valence-corrected chi connectivity index (χ2v) is 4.90. The van der Waals surface area contributed by atoms with E-state index in [0.717, 1.165) is 4.88 Å². The highest BCUT2D eigenvalue weighted by Gasteiger charge is 2.25. The van der Waals surface area contributed by atoms with Crippen molar-refractivity contribution in [1.29, 1.82) is 0 Å². The number of ether oxygens (including phenoxy) is 1. The number of carboxylic acids is 1. The lowest BCUT2D eigenvalue weighted by Crippen LogP contribution is -2.36. The van der Waals surface area contributed by atoms with E-state index < -0.39 is 29.8 Å². The van der Waals surface area contributed by atoms with Crippen molar-refractivity contribution < 1.29 is 24.2 Å². The first-order valence-electron chi connectivity index (χ1n) is 5.59. The fourth-order valence-corrected chi connectivity index (χ4v) is 2.15. The van der Waals surface area contributed by atoms with Gasteiger partial charge in [0.2, 0.25) is 5.91 Å². The van der Waals surface area contributed by atoms with Crippen LogP contribution >= 0.6 is 11.3 Å². The third-order valence-corrected chi connectivity index (χ3v) is 3.55. The van der Waals surface area contributed by atoms with Crippen molar-refractivity contribution in [3.05, 3.63) is 22.4 Å². The Bertz CT molecular complexity index is 457. The van der Waals surface area contributed by atoms with Crippen molar-refractivity contribution in [2.24, 2.45) is 5.92 Å². The maximum Gasteiger partial charge on any atom is 0.315 e. The molecule has 2 unspecified atom stereocenters. The standard InChI is InChI=1S/C12H15NO5S/c1-7(12(16)17)11(15)13-8(6-10(14)18-2)9-4-3-5-19-9/h3-5,7-8H,6H2,1-2H3,(H,13,15)(H,16,17). The largest absolute Gasteiger partial charge is 0.481 e. The summed E-state index contributed by atoms with van der Waals surface area (Å²) in [5.74, 6) is -3.47. The predicted octanol–water partition coefficient (Wildman–Crippen LogP) is 1.19. The molecule has 0 spiro atoms. The normalized spacial score (nSPS) is 13.4. The highest BCUT2D eigenvalue weighted by molar-refractivity contribution is 7.10. The number of hydrogen-bond acceptors (Lipinski definition) is 5. The van der Waals surface area contributed by atoms with Crippen LogP contribution in [0, 0.1) is 5.92 Å². The summed E-state index contributed by atoms with van der Waals surface area (Å²) in [5, 5.41) is 13.1. The molecule has 2 N–H and O–H groups in total. The first-order chi connectivity index (χ1) is 8.95. The number of carbonyl (C=O) groups is 3. The van der Waals surface area contributed by atoms with Gasteiger partial charge in [0.25, 0.3) is 0 Å². The summed E-state index contributed by atoms with van der Waals surface area (Å²) >= 11 is 1.38. The van der Waals surface area contributed by atoms with Crippen LogP contribution in [0.4, 0.5) is 0 Å². The van der Waals surface area contributed by atoms with Crippen LogP contribution in [0.25, 0.3) is 0 Å². The number of esters is 1. The maximum absolute atomic E-state index is 11.7. The molecule has 0 aliphatic rings. The number of carbonyl (C=O) groups excluding carboxylic acids is 2. The number of hydrogen-bond donors (Lipinski definition) is 2. The fourth-order valence-electron chi connectivity index (χ4n) is 1.37. The van der Waals surface area contributed by atoms with Gasteiger partial charge in [0.1, 0.15) is 5.92 Å². The van der Waals surface area contributed by atoms with Crippen molar-refractivity contribution >= 4 is 29.2 Å². The molecule has 0 fully saturated rings. The van der Waals surface area contributed by atoms with Crippen molar-refractivity contribution in [2.75, 3.05) is 7.11 Å². The molecule has 1 aromatic rings. The Balaban J connectivity index is 2.78. The van der Waals surface area contributed by atoms with E-state index in [1.165, 1.54) is 25.4 Å². The molecule has 0 saturated carbocycles. The zero-order valence-corrected chi connectivity index (χ0v) is 11.4. The lowest BCUT2D eigenvalue weighted by molar-refractivity contribution is -0.146. The molecule has 1 heterocycles. The molecule has 1 amide bonds. The fraction of sp³-hybridized carbons (Fsp3) is 0.417. The van der Waals surface area contributed by atoms with Crippen LogP contribution in [0.5, 0.6) is 0 Å². The van der Waals surface area contributed by atoms with Crippen LogP contribution in [0.15, 0.2) is 17.5 Å². The molecule has 2 atom stereocenters. The predicted molar refractivity (Wildman–Crippen MR) is 68.6 cm³/mol. The Morgan fingerprint density at radius 1 is 1.47 bits per heavy atom. The Kier molecular flexibility index (Phi) is 5.50. The monoisotopic (exact) mass is 285 g/mol. The quantitative estimate of drug-likeness (QED) is 0.605. The Morgan fingerprint density at radius 2 is 2.16 bits per heavy atom. The van der Waals surface area contributed by atoms with Gasteiger partial charge in [0, 0.05) is 4.88 Å². The van der Waals surface area contributed by atoms with Crippen molar-refractivity contribution in [3.8, 4) is 0 Å². The zero-order valence-electron chi connectivity index (χ0n) is 10.6. The minimum atomic E-state index is -1.21. The number of aliphatic carboxylic acids is 1. The first-order valence-corrected chi connectivity index (χ1v) is 6.47. The number of rotatable bonds is 6. The second-order valence-electron chi connectivity index (χ2n) is 3.92. The third kappa shape index (κ3) is 4.36. The van der Waals surface area contributed by atoms with Crippen LogP contribution in [0.1, 0.15) is 24.3 Å². The van der Waals surface area contributed by atoms with Crippen molar-refractivity contribution in [1.82, 2.24) is 5.32 Å². The lowest BCUT2D eigenvalue weighted by atomic mass is 10.1. The van der Waals surface area contributed by atoms with Gasteiger partial charge in [0.15, 0.2) is 0 Å². The van der Waals surface area contributed by atoms with E-state index in [1.54, 1.807) is 12.1 Å². The second kappa shape index (κ2) is 6.89. The minimum absolute atomic E-state index is 0.0326. The molecule has 0 aliphatic carbocycles. The topological polar surface area (TPSA) is 92.7 Å². The molecule has 0 aromatic carbocycles. The van der Waals surface area contributed by atoms with Gasteiger partial charge in [0.05, 0.1) is 19.6 Å². The van der Waals surface area contributed by atoms with Crippen LogP contribution in [-0.4, -0.2) is 30.1 Å². The minimum Gasteiger partial charge on any atom is -0.481 e. The zero-order chi connectivity index (χ0) is 14.4. The third-order valence-electron chi connectivity index (χ3n) is 2.57. The smallest absolute Gasteiger partial charge is 0.315 e.